The van der Waals surface area contributed by atoms with Crippen molar-refractivity contribution in [3.63, 3.8) is 0 Å². The molecule has 6 N–H and O–H groups in total. The van der Waals surface area contributed by atoms with Crippen LogP contribution in [0.5, 0.6) is 0 Å². The Labute approximate surface area is 134 Å². The first kappa shape index (κ1) is 17.5. The van der Waals surface area contributed by atoms with Crippen LogP contribution in [0.15, 0.2) is 0 Å². The highest BCUT2D eigenvalue weighted by Crippen LogP contribution is 2.41. The molecule has 0 spiro atoms. The van der Waals surface area contributed by atoms with Gasteiger partial charge >= 0.3 is 0 Å². The maximum atomic E-state index is 10.7. The minimum Gasteiger partial charge on any atom is -0.390 e. The Bertz CT molecular complexity index is 441. The van der Waals surface area contributed by atoms with Gasteiger partial charge in [0.05, 0.1) is 24.3 Å². The van der Waals surface area contributed by atoms with E-state index in [4.69, 9.17) is 14.2 Å². The molecule has 10 unspecified atom stereocenters. The second-order valence-corrected chi connectivity index (χ2v) is 6.58. The van der Waals surface area contributed by atoms with Crippen LogP contribution in [0.3, 0.4) is 0 Å². The molecule has 0 bridgehead atoms. The second kappa shape index (κ2) is 6.17. The van der Waals surface area contributed by atoms with Crippen molar-refractivity contribution in [2.45, 2.75) is 74.1 Å². The van der Waals surface area contributed by atoms with Gasteiger partial charge in [0, 0.05) is 6.42 Å². The maximum absolute atomic E-state index is 10.7. The summed E-state index contributed by atoms with van der Waals surface area (Å²) in [6.07, 6.45) is -6.21. The molecule has 9 heteroatoms. The van der Waals surface area contributed by atoms with Crippen LogP contribution in [0.4, 0.5) is 0 Å². The fourth-order valence-corrected chi connectivity index (χ4v) is 3.83. The van der Waals surface area contributed by atoms with E-state index in [0.29, 0.717) is 0 Å². The normalized spacial score (nSPS) is 56.7. The van der Waals surface area contributed by atoms with Crippen LogP contribution in [0.2, 0.25) is 0 Å². The van der Waals surface area contributed by atoms with Gasteiger partial charge in [0.2, 0.25) is 12.1 Å². The maximum Gasteiger partial charge on any atom is 0.245 e. The van der Waals surface area contributed by atoms with Crippen LogP contribution in [0.25, 0.3) is 0 Å². The van der Waals surface area contributed by atoms with E-state index >= 15 is 0 Å². The van der Waals surface area contributed by atoms with Gasteiger partial charge < -0.3 is 45.3 Å². The summed E-state index contributed by atoms with van der Waals surface area (Å²) in [5.41, 5.74) is 0. The van der Waals surface area contributed by atoms with Gasteiger partial charge in [0.15, 0.2) is 0 Å². The van der Waals surface area contributed by atoms with E-state index in [-0.39, 0.29) is 12.5 Å². The number of aliphatic hydroxyl groups excluding tert-OH is 3. The van der Waals surface area contributed by atoms with Crippen molar-refractivity contribution in [1.29, 1.82) is 0 Å². The van der Waals surface area contributed by atoms with E-state index in [9.17, 15) is 20.4 Å². The van der Waals surface area contributed by atoms with Crippen LogP contribution in [-0.4, -0.2) is 95.3 Å². The van der Waals surface area contributed by atoms with Crippen molar-refractivity contribution in [3.05, 3.63) is 0 Å². The predicted molar refractivity (Wildman–Crippen MR) is 77.4 cm³/mol. The lowest BCUT2D eigenvalue weighted by atomic mass is 9.80. The lowest BCUT2D eigenvalue weighted by Gasteiger charge is -2.57. The number of ether oxygens (including phenoxy) is 3. The number of likely N-dealkylation sites (N-methyl/N-ethyl adjacent to an activating group) is 2. The molecule has 134 valence electrons. The van der Waals surface area contributed by atoms with Gasteiger partial charge in [0.1, 0.15) is 24.4 Å². The Hall–Kier alpha value is -0.360. The molecule has 0 aromatic heterocycles. The fourth-order valence-electron chi connectivity index (χ4n) is 3.83. The molecule has 23 heavy (non-hydrogen) atoms. The van der Waals surface area contributed by atoms with Gasteiger partial charge in [-0.2, -0.15) is 0 Å². The minimum absolute atomic E-state index is 0.197. The Morgan fingerprint density at radius 3 is 2.22 bits per heavy atom. The van der Waals surface area contributed by atoms with Crippen LogP contribution in [-0.2, 0) is 14.2 Å². The van der Waals surface area contributed by atoms with Gasteiger partial charge in [-0.25, -0.2) is 0 Å². The highest BCUT2D eigenvalue weighted by molar-refractivity contribution is 5.09. The Balaban J connectivity index is 1.91. The quantitative estimate of drug-likeness (QED) is 0.310. The molecule has 0 aromatic carbocycles. The summed E-state index contributed by atoms with van der Waals surface area (Å²) in [6.45, 7) is 1.76. The largest absolute Gasteiger partial charge is 0.390 e. The third kappa shape index (κ3) is 2.60. The number of aliphatic hydroxyl groups is 4. The molecule has 3 aliphatic rings. The first-order valence-corrected chi connectivity index (χ1v) is 7.93. The average Bonchev–Trinajstić information content (AvgIpc) is 2.49. The van der Waals surface area contributed by atoms with E-state index in [2.05, 4.69) is 10.6 Å². The number of fused-ring (bicyclic) bond motifs is 2. The predicted octanol–water partition coefficient (Wildman–Crippen LogP) is -3.13. The van der Waals surface area contributed by atoms with Crippen molar-refractivity contribution >= 4 is 0 Å². The molecule has 0 aromatic rings. The summed E-state index contributed by atoms with van der Waals surface area (Å²) >= 11 is 0. The first-order chi connectivity index (χ1) is 10.8. The Morgan fingerprint density at radius 1 is 0.957 bits per heavy atom. The molecule has 9 nitrogen and oxygen atoms in total. The summed E-state index contributed by atoms with van der Waals surface area (Å²) in [6, 6.07) is -1.23. The van der Waals surface area contributed by atoms with Crippen LogP contribution >= 0.6 is 0 Å². The van der Waals surface area contributed by atoms with Gasteiger partial charge in [-0.15, -0.1) is 0 Å². The number of nitrogens with one attached hydrogen (secondary N) is 2. The van der Waals surface area contributed by atoms with Crippen molar-refractivity contribution in [3.8, 4) is 0 Å². The monoisotopic (exact) mass is 334 g/mol. The van der Waals surface area contributed by atoms with E-state index in [1.54, 1.807) is 21.0 Å². The summed E-state index contributed by atoms with van der Waals surface area (Å²) in [7, 11) is 3.28. The van der Waals surface area contributed by atoms with Gasteiger partial charge in [-0.3, -0.25) is 0 Å². The summed E-state index contributed by atoms with van der Waals surface area (Å²) < 4.78 is 17.0. The smallest absolute Gasteiger partial charge is 0.245 e. The molecule has 1 saturated carbocycles. The SMILES string of the molecule is CNC1C(O)C(NC)C2OC3(O)C(O)CC(C)OC3OC2C1O. The molecule has 2 saturated heterocycles. The van der Waals surface area contributed by atoms with Crippen molar-refractivity contribution in [1.82, 2.24) is 10.6 Å². The van der Waals surface area contributed by atoms with Gasteiger partial charge in [-0.05, 0) is 21.0 Å². The zero-order chi connectivity index (χ0) is 16.9. The highest BCUT2D eigenvalue weighted by Gasteiger charge is 2.63. The number of hydrogen-bond donors (Lipinski definition) is 6. The van der Waals surface area contributed by atoms with Gasteiger partial charge in [0.25, 0.3) is 0 Å². The molecule has 0 radical (unpaired) electrons. The lowest BCUT2D eigenvalue weighted by Crippen LogP contribution is -2.78. The Morgan fingerprint density at radius 2 is 1.61 bits per heavy atom. The molecule has 2 aliphatic heterocycles. The molecule has 3 fully saturated rings. The zero-order valence-electron chi connectivity index (χ0n) is 13.4. The van der Waals surface area contributed by atoms with E-state index in [1.807, 2.05) is 0 Å². The van der Waals surface area contributed by atoms with Gasteiger partial charge in [-0.1, -0.05) is 0 Å². The van der Waals surface area contributed by atoms with Crippen molar-refractivity contribution in [2.24, 2.45) is 0 Å². The topological polar surface area (TPSA) is 133 Å². The van der Waals surface area contributed by atoms with Crippen LogP contribution in [0.1, 0.15) is 13.3 Å². The second-order valence-electron chi connectivity index (χ2n) is 6.58. The van der Waals surface area contributed by atoms with Crippen molar-refractivity contribution in [2.75, 3.05) is 14.1 Å². The summed E-state index contributed by atoms with van der Waals surface area (Å²) in [5.74, 6) is -2.03. The molecule has 1 aliphatic carbocycles. The van der Waals surface area contributed by atoms with Crippen LogP contribution in [0, 0.1) is 0 Å². The molecule has 2 heterocycles. The number of rotatable bonds is 2. The third-order valence-corrected chi connectivity index (χ3v) is 5.12. The summed E-state index contributed by atoms with van der Waals surface area (Å²) in [4.78, 5) is 0. The van der Waals surface area contributed by atoms with Crippen LogP contribution < -0.4 is 10.6 Å². The van der Waals surface area contributed by atoms with E-state index in [0.717, 1.165) is 0 Å². The zero-order valence-corrected chi connectivity index (χ0v) is 13.4. The Kier molecular flexibility index (Phi) is 4.69. The molecular formula is C14H26N2O7. The number of hydrogen-bond acceptors (Lipinski definition) is 9. The third-order valence-electron chi connectivity index (χ3n) is 5.12. The standard InChI is InChI=1S/C14H26N2O7/c1-5-4-6(17)14(20)13(21-5)22-12-10(19)7(15-2)9(18)8(16-3)11(12)23-14/h5-13,15-20H,4H2,1-3H3. The first-order valence-electron chi connectivity index (χ1n) is 7.93. The van der Waals surface area contributed by atoms with Crippen molar-refractivity contribution < 1.29 is 34.6 Å². The average molecular weight is 334 g/mol. The summed E-state index contributed by atoms with van der Waals surface area (Å²) in [5, 5.41) is 47.7. The molecular weight excluding hydrogens is 308 g/mol. The lowest BCUT2D eigenvalue weighted by molar-refractivity contribution is -0.462. The molecule has 10 atom stereocenters. The van der Waals surface area contributed by atoms with E-state index in [1.165, 1.54) is 0 Å². The minimum atomic E-state index is -2.03. The molecule has 0 amide bonds. The molecule has 3 rings (SSSR count). The van der Waals surface area contributed by atoms with E-state index < -0.39 is 54.7 Å². The fraction of sp³-hybridized carbons (Fsp3) is 1.00. The highest BCUT2D eigenvalue weighted by atomic mass is 16.8.